The van der Waals surface area contributed by atoms with Crippen LogP contribution in [-0.4, -0.2) is 25.0 Å². The summed E-state index contributed by atoms with van der Waals surface area (Å²) in [5.41, 5.74) is 0.842. The molecule has 1 fully saturated rings. The second kappa shape index (κ2) is 6.62. The van der Waals surface area contributed by atoms with Crippen LogP contribution in [0.5, 0.6) is 0 Å². The highest BCUT2D eigenvalue weighted by Gasteiger charge is 2.14. The molecule has 1 aliphatic heterocycles. The molecule has 1 saturated heterocycles. The van der Waals surface area contributed by atoms with Crippen LogP contribution in [0.25, 0.3) is 0 Å². The van der Waals surface area contributed by atoms with E-state index < -0.39 is 0 Å². The lowest BCUT2D eigenvalue weighted by atomic mass is 10.1. The zero-order valence-electron chi connectivity index (χ0n) is 9.81. The fourth-order valence-corrected chi connectivity index (χ4v) is 1.86. The van der Waals surface area contributed by atoms with Crippen LogP contribution in [0, 0.1) is 0 Å². The van der Waals surface area contributed by atoms with E-state index in [1.807, 2.05) is 19.9 Å². The van der Waals surface area contributed by atoms with Gasteiger partial charge < -0.3 is 10.6 Å². The van der Waals surface area contributed by atoms with Crippen molar-refractivity contribution < 1.29 is 4.79 Å². The molecule has 3 heteroatoms. The van der Waals surface area contributed by atoms with Crippen LogP contribution in [0.1, 0.15) is 39.5 Å². The van der Waals surface area contributed by atoms with Crippen LogP contribution >= 0.6 is 0 Å². The van der Waals surface area contributed by atoms with Crippen molar-refractivity contribution in [2.45, 2.75) is 45.6 Å². The van der Waals surface area contributed by atoms with Crippen LogP contribution in [0.3, 0.4) is 0 Å². The highest BCUT2D eigenvalue weighted by Crippen LogP contribution is 2.06. The number of carbonyl (C=O) groups excluding carboxylic acids is 1. The Labute approximate surface area is 92.3 Å². The highest BCUT2D eigenvalue weighted by molar-refractivity contribution is 5.92. The number of nitrogens with one attached hydrogen (secondary N) is 2. The zero-order valence-corrected chi connectivity index (χ0v) is 9.81. The van der Waals surface area contributed by atoms with E-state index in [1.165, 1.54) is 0 Å². The number of hydrogen-bond acceptors (Lipinski definition) is 2. The second-order valence-corrected chi connectivity index (χ2v) is 4.15. The second-order valence-electron chi connectivity index (χ2n) is 4.15. The van der Waals surface area contributed by atoms with Gasteiger partial charge in [-0.3, -0.25) is 4.79 Å². The molecule has 0 saturated carbocycles. The smallest absolute Gasteiger partial charge is 0.246 e. The summed E-state index contributed by atoms with van der Waals surface area (Å²) in [5.74, 6) is 0.101. The van der Waals surface area contributed by atoms with Gasteiger partial charge in [0.2, 0.25) is 5.91 Å². The average Bonchev–Trinajstić information content (AvgIpc) is 2.46. The van der Waals surface area contributed by atoms with E-state index in [9.17, 15) is 4.79 Å². The first-order valence-electron chi connectivity index (χ1n) is 5.92. The molecule has 1 heterocycles. The first-order chi connectivity index (χ1) is 7.24. The van der Waals surface area contributed by atoms with Crippen LogP contribution in [0.15, 0.2) is 11.6 Å². The molecular formula is C12H22N2O. The summed E-state index contributed by atoms with van der Waals surface area (Å²) in [7, 11) is 0. The maximum Gasteiger partial charge on any atom is 0.246 e. The number of allylic oxidation sites excluding steroid dienone is 1. The molecule has 86 valence electrons. The minimum absolute atomic E-state index is 0.101. The van der Waals surface area contributed by atoms with Crippen LogP contribution in [0.2, 0.25) is 0 Å². The van der Waals surface area contributed by atoms with Gasteiger partial charge >= 0.3 is 0 Å². The number of rotatable bonds is 3. The van der Waals surface area contributed by atoms with Crippen molar-refractivity contribution in [3.8, 4) is 0 Å². The lowest BCUT2D eigenvalue weighted by Gasteiger charge is -2.15. The Morgan fingerprint density at radius 2 is 2.27 bits per heavy atom. The monoisotopic (exact) mass is 210 g/mol. The van der Waals surface area contributed by atoms with Crippen molar-refractivity contribution in [1.82, 2.24) is 10.6 Å². The molecule has 1 aliphatic rings. The van der Waals surface area contributed by atoms with Crippen molar-refractivity contribution in [2.24, 2.45) is 0 Å². The Hall–Kier alpha value is -0.830. The number of amides is 1. The Morgan fingerprint density at radius 3 is 3.00 bits per heavy atom. The average molecular weight is 210 g/mol. The Bertz CT molecular complexity index is 228. The van der Waals surface area contributed by atoms with E-state index in [4.69, 9.17) is 0 Å². The van der Waals surface area contributed by atoms with Crippen molar-refractivity contribution in [1.29, 1.82) is 0 Å². The third kappa shape index (κ3) is 4.47. The summed E-state index contributed by atoms with van der Waals surface area (Å²) in [6.45, 7) is 6.03. The van der Waals surface area contributed by atoms with Crippen molar-refractivity contribution >= 4 is 5.91 Å². The molecule has 3 nitrogen and oxygen atoms in total. The van der Waals surface area contributed by atoms with Gasteiger partial charge in [-0.2, -0.15) is 0 Å². The quantitative estimate of drug-likeness (QED) is 0.695. The van der Waals surface area contributed by atoms with Crippen LogP contribution in [0.4, 0.5) is 0 Å². The normalized spacial score (nSPS) is 23.3. The molecule has 0 radical (unpaired) electrons. The molecule has 1 atom stereocenters. The molecule has 0 aromatic carbocycles. The fraction of sp³-hybridized carbons (Fsp3) is 0.750. The van der Waals surface area contributed by atoms with Gasteiger partial charge in [-0.25, -0.2) is 0 Å². The van der Waals surface area contributed by atoms with Crippen molar-refractivity contribution in [3.05, 3.63) is 11.6 Å². The first kappa shape index (κ1) is 12.2. The van der Waals surface area contributed by atoms with E-state index in [0.29, 0.717) is 6.04 Å². The summed E-state index contributed by atoms with van der Waals surface area (Å²) in [5, 5.41) is 6.44. The van der Waals surface area contributed by atoms with Gasteiger partial charge in [0.1, 0.15) is 0 Å². The van der Waals surface area contributed by atoms with Gasteiger partial charge in [0.05, 0.1) is 0 Å². The van der Waals surface area contributed by atoms with Gasteiger partial charge in [0, 0.05) is 11.6 Å². The van der Waals surface area contributed by atoms with Gasteiger partial charge in [-0.15, -0.1) is 0 Å². The summed E-state index contributed by atoms with van der Waals surface area (Å²) in [4.78, 5) is 11.7. The summed E-state index contributed by atoms with van der Waals surface area (Å²) in [6, 6.07) is 0.354. The Balaban J connectivity index is 2.38. The van der Waals surface area contributed by atoms with Gasteiger partial charge in [-0.1, -0.05) is 13.0 Å². The lowest BCUT2D eigenvalue weighted by molar-refractivity contribution is -0.118. The predicted molar refractivity (Wildman–Crippen MR) is 62.7 cm³/mol. The van der Waals surface area contributed by atoms with Gasteiger partial charge in [-0.05, 0) is 45.7 Å². The summed E-state index contributed by atoms with van der Waals surface area (Å²) >= 11 is 0. The largest absolute Gasteiger partial charge is 0.350 e. The number of hydrogen-bond donors (Lipinski definition) is 2. The van der Waals surface area contributed by atoms with Gasteiger partial charge in [0.25, 0.3) is 0 Å². The molecule has 1 unspecified atom stereocenters. The van der Waals surface area contributed by atoms with Crippen LogP contribution in [-0.2, 0) is 4.79 Å². The minimum Gasteiger partial charge on any atom is -0.350 e. The maximum atomic E-state index is 11.7. The van der Waals surface area contributed by atoms with Crippen molar-refractivity contribution in [2.75, 3.05) is 13.1 Å². The minimum atomic E-state index is 0.101. The van der Waals surface area contributed by atoms with E-state index in [1.54, 1.807) is 0 Å². The molecular weight excluding hydrogens is 188 g/mol. The molecule has 0 aromatic rings. The zero-order chi connectivity index (χ0) is 11.1. The highest BCUT2D eigenvalue weighted by atomic mass is 16.1. The van der Waals surface area contributed by atoms with Crippen LogP contribution < -0.4 is 10.6 Å². The first-order valence-corrected chi connectivity index (χ1v) is 5.92. The number of carbonyl (C=O) groups is 1. The molecule has 1 amide bonds. The fourth-order valence-electron chi connectivity index (χ4n) is 1.86. The third-order valence-electron chi connectivity index (χ3n) is 2.78. The Kier molecular flexibility index (Phi) is 5.40. The third-order valence-corrected chi connectivity index (χ3v) is 2.78. The van der Waals surface area contributed by atoms with E-state index in [2.05, 4.69) is 10.6 Å². The van der Waals surface area contributed by atoms with E-state index in [0.717, 1.165) is 44.3 Å². The van der Waals surface area contributed by atoms with E-state index >= 15 is 0 Å². The molecule has 0 aromatic heterocycles. The SMILES string of the molecule is CC/C=C(/C)C(=O)NC1CCCNCC1. The topological polar surface area (TPSA) is 41.1 Å². The molecule has 0 bridgehead atoms. The summed E-state index contributed by atoms with van der Waals surface area (Å²) < 4.78 is 0. The lowest BCUT2D eigenvalue weighted by Crippen LogP contribution is -2.35. The van der Waals surface area contributed by atoms with Gasteiger partial charge in [0.15, 0.2) is 0 Å². The predicted octanol–water partition coefficient (Wildman–Crippen LogP) is 1.60. The van der Waals surface area contributed by atoms with Crippen molar-refractivity contribution in [3.63, 3.8) is 0 Å². The standard InChI is InChI=1S/C12H22N2O/c1-3-5-10(2)12(15)14-11-6-4-8-13-9-7-11/h5,11,13H,3-4,6-9H2,1-2H3,(H,14,15)/b10-5-. The molecule has 1 rings (SSSR count). The maximum absolute atomic E-state index is 11.7. The van der Waals surface area contributed by atoms with E-state index in [-0.39, 0.29) is 5.91 Å². The molecule has 0 aliphatic carbocycles. The molecule has 2 N–H and O–H groups in total. The molecule has 15 heavy (non-hydrogen) atoms. The Morgan fingerprint density at radius 1 is 1.47 bits per heavy atom. The molecule has 0 spiro atoms. The summed E-state index contributed by atoms with van der Waals surface area (Å²) in [6.07, 6.45) is 6.19.